The van der Waals surface area contributed by atoms with Crippen LogP contribution in [-0.4, -0.2) is 89.9 Å². The van der Waals surface area contributed by atoms with Crippen LogP contribution in [0, 0.1) is 17.8 Å². The first-order valence-corrected chi connectivity index (χ1v) is 12.6. The number of carbonyl (C=O) groups is 3. The van der Waals surface area contributed by atoms with Crippen molar-refractivity contribution in [2.24, 2.45) is 17.8 Å². The van der Waals surface area contributed by atoms with Crippen LogP contribution < -0.4 is 15.7 Å². The Morgan fingerprint density at radius 1 is 0.943 bits per heavy atom. The van der Waals surface area contributed by atoms with Gasteiger partial charge >= 0.3 is 6.09 Å². The molecule has 1 saturated carbocycles. The second-order valence-electron chi connectivity index (χ2n) is 10.2. The van der Waals surface area contributed by atoms with E-state index in [0.717, 1.165) is 31.9 Å². The van der Waals surface area contributed by atoms with E-state index in [4.69, 9.17) is 0 Å². The lowest BCUT2D eigenvalue weighted by atomic mass is 9.63. The maximum atomic E-state index is 13.5. The summed E-state index contributed by atoms with van der Waals surface area (Å²) in [6.45, 7) is 4.14. The van der Waals surface area contributed by atoms with E-state index < -0.39 is 29.4 Å². The van der Waals surface area contributed by atoms with E-state index in [0.29, 0.717) is 45.2 Å². The molecule has 0 unspecified atom stereocenters. The summed E-state index contributed by atoms with van der Waals surface area (Å²) in [6, 6.07) is 10.1. The van der Waals surface area contributed by atoms with E-state index in [1.165, 1.54) is 0 Å². The molecule has 1 aromatic rings. The van der Waals surface area contributed by atoms with Crippen molar-refractivity contribution in [1.29, 1.82) is 0 Å². The number of rotatable bonds is 5. The fourth-order valence-electron chi connectivity index (χ4n) is 6.26. The Morgan fingerprint density at radius 3 is 2.20 bits per heavy atom. The van der Waals surface area contributed by atoms with Crippen molar-refractivity contribution in [1.82, 2.24) is 20.6 Å². The van der Waals surface area contributed by atoms with Gasteiger partial charge in [0.15, 0.2) is 0 Å². The molecule has 0 radical (unpaired) electrons. The summed E-state index contributed by atoms with van der Waals surface area (Å²) < 4.78 is 0. The fourth-order valence-corrected chi connectivity index (χ4v) is 6.26. The van der Waals surface area contributed by atoms with Crippen molar-refractivity contribution in [3.8, 4) is 0 Å². The van der Waals surface area contributed by atoms with Gasteiger partial charge in [0.25, 0.3) is 0 Å². The van der Waals surface area contributed by atoms with Gasteiger partial charge < -0.3 is 25.1 Å². The third-order valence-corrected chi connectivity index (χ3v) is 8.34. The average Bonchev–Trinajstić information content (AvgIpc) is 2.89. The number of carboxylic acid groups (broad SMARTS) is 1. The summed E-state index contributed by atoms with van der Waals surface area (Å²) in [5.41, 5.74) is 2.28. The molecular formula is C25H37N5O5. The van der Waals surface area contributed by atoms with Crippen LogP contribution in [0.25, 0.3) is 0 Å². The maximum Gasteiger partial charge on any atom is 0.405 e. The van der Waals surface area contributed by atoms with E-state index in [1.54, 1.807) is 5.48 Å². The van der Waals surface area contributed by atoms with Crippen molar-refractivity contribution >= 4 is 23.6 Å². The number of amides is 3. The third-order valence-electron chi connectivity index (χ3n) is 8.34. The van der Waals surface area contributed by atoms with Crippen molar-refractivity contribution in [2.75, 3.05) is 51.2 Å². The van der Waals surface area contributed by atoms with Crippen LogP contribution >= 0.6 is 0 Å². The molecule has 0 spiro atoms. The van der Waals surface area contributed by atoms with Crippen LogP contribution in [-0.2, 0) is 9.59 Å². The van der Waals surface area contributed by atoms with Crippen molar-refractivity contribution in [2.45, 2.75) is 37.6 Å². The number of hydrogen-bond acceptors (Lipinski definition) is 6. The molecule has 4 rings (SSSR count). The van der Waals surface area contributed by atoms with E-state index in [9.17, 15) is 24.7 Å². The highest BCUT2D eigenvalue weighted by Crippen LogP contribution is 2.44. The number of anilines is 1. The molecule has 4 N–H and O–H groups in total. The van der Waals surface area contributed by atoms with Gasteiger partial charge in [-0.3, -0.25) is 14.8 Å². The van der Waals surface area contributed by atoms with Crippen molar-refractivity contribution in [3.05, 3.63) is 30.3 Å². The number of carbonyl (C=O) groups excluding carboxylic acids is 2. The fraction of sp³-hybridized carbons (Fsp3) is 0.640. The van der Waals surface area contributed by atoms with Gasteiger partial charge in [0.2, 0.25) is 11.8 Å². The molecule has 2 heterocycles. The Hall–Kier alpha value is -2.85. The Labute approximate surface area is 206 Å². The average molecular weight is 488 g/mol. The Bertz CT molecular complexity index is 897. The smallest absolute Gasteiger partial charge is 0.405 e. The topological polar surface area (TPSA) is 125 Å². The van der Waals surface area contributed by atoms with Crippen LogP contribution in [0.3, 0.4) is 0 Å². The summed E-state index contributed by atoms with van der Waals surface area (Å²) in [5.74, 6) is -1.89. The molecule has 3 amide bonds. The monoisotopic (exact) mass is 487 g/mol. The number of benzene rings is 1. The third kappa shape index (κ3) is 5.54. The van der Waals surface area contributed by atoms with Gasteiger partial charge in [-0.25, -0.2) is 10.3 Å². The zero-order valence-electron chi connectivity index (χ0n) is 20.4. The lowest BCUT2D eigenvalue weighted by Crippen LogP contribution is -2.61. The standard InChI is InChI=1S/C25H37N5O5/c1-28-11-9-25(10-12-28,26-24(33)34)18-7-8-20(21(17-18)22(31)27-35)23(32)30-15-13-29(14-16-30)19-5-3-2-4-6-19/h2-6,18,20-21,26,35H,7-17H2,1H3,(H,27,31)(H,33,34)/t18-,20+,21+/m1/s1. The summed E-state index contributed by atoms with van der Waals surface area (Å²) in [5, 5.41) is 21.8. The molecule has 3 fully saturated rings. The number of nitrogens with zero attached hydrogens (tertiary/aromatic N) is 3. The zero-order chi connectivity index (χ0) is 25.0. The van der Waals surface area contributed by atoms with Gasteiger partial charge in [0.1, 0.15) is 0 Å². The largest absolute Gasteiger partial charge is 0.465 e. The molecule has 3 atom stereocenters. The Balaban J connectivity index is 1.45. The van der Waals surface area contributed by atoms with Gasteiger partial charge in [-0.2, -0.15) is 0 Å². The first kappa shape index (κ1) is 25.2. The minimum Gasteiger partial charge on any atom is -0.465 e. The summed E-state index contributed by atoms with van der Waals surface area (Å²) >= 11 is 0. The molecule has 10 heteroatoms. The lowest BCUT2D eigenvalue weighted by molar-refractivity contribution is -0.149. The molecular weight excluding hydrogens is 450 g/mol. The van der Waals surface area contributed by atoms with Crippen LogP contribution in [0.15, 0.2) is 30.3 Å². The molecule has 1 aromatic carbocycles. The number of hydrogen-bond donors (Lipinski definition) is 4. The first-order valence-electron chi connectivity index (χ1n) is 12.6. The normalized spacial score (nSPS) is 27.2. The predicted octanol–water partition coefficient (Wildman–Crippen LogP) is 1.61. The van der Waals surface area contributed by atoms with Crippen molar-refractivity contribution < 1.29 is 24.7 Å². The van der Waals surface area contributed by atoms with Gasteiger partial charge in [-0.1, -0.05) is 18.2 Å². The number of nitrogens with one attached hydrogen (secondary N) is 2. The molecule has 192 valence electrons. The SMILES string of the molecule is CN1CCC(NC(=O)O)([C@@H]2CC[C@H](C(=O)N3CCN(c4ccccc4)CC3)[C@@H](C(=O)NO)C2)CC1. The van der Waals surface area contributed by atoms with E-state index >= 15 is 0 Å². The molecule has 0 aromatic heterocycles. The predicted molar refractivity (Wildman–Crippen MR) is 130 cm³/mol. The van der Waals surface area contributed by atoms with Gasteiger partial charge in [-0.15, -0.1) is 0 Å². The number of hydroxylamine groups is 1. The minimum absolute atomic E-state index is 0.0478. The Kier molecular flexibility index (Phi) is 7.81. The second kappa shape index (κ2) is 10.8. The van der Waals surface area contributed by atoms with Crippen molar-refractivity contribution in [3.63, 3.8) is 0 Å². The van der Waals surface area contributed by atoms with E-state index in [2.05, 4.69) is 27.2 Å². The first-order chi connectivity index (χ1) is 16.8. The Morgan fingerprint density at radius 2 is 1.60 bits per heavy atom. The highest BCUT2D eigenvalue weighted by atomic mass is 16.5. The highest BCUT2D eigenvalue weighted by molar-refractivity contribution is 5.87. The minimum atomic E-state index is -1.06. The lowest BCUT2D eigenvalue weighted by Gasteiger charge is -2.49. The second-order valence-corrected chi connectivity index (χ2v) is 10.2. The van der Waals surface area contributed by atoms with Gasteiger partial charge in [0.05, 0.1) is 5.92 Å². The zero-order valence-corrected chi connectivity index (χ0v) is 20.4. The summed E-state index contributed by atoms with van der Waals surface area (Å²) in [7, 11) is 2.01. The number of para-hydroxylation sites is 1. The molecule has 3 aliphatic rings. The molecule has 2 aliphatic heterocycles. The van der Waals surface area contributed by atoms with Crippen LogP contribution in [0.1, 0.15) is 32.1 Å². The van der Waals surface area contributed by atoms with Crippen LogP contribution in [0.2, 0.25) is 0 Å². The maximum absolute atomic E-state index is 13.5. The van der Waals surface area contributed by atoms with Gasteiger partial charge in [0, 0.05) is 56.4 Å². The molecule has 0 bridgehead atoms. The van der Waals surface area contributed by atoms with Crippen LogP contribution in [0.5, 0.6) is 0 Å². The summed E-state index contributed by atoms with van der Waals surface area (Å²) in [4.78, 5) is 44.2. The molecule has 1 aliphatic carbocycles. The number of likely N-dealkylation sites (tertiary alicyclic amines) is 1. The number of piperidine rings is 1. The summed E-state index contributed by atoms with van der Waals surface area (Å²) in [6.07, 6.45) is 1.80. The van der Waals surface area contributed by atoms with Gasteiger partial charge in [-0.05, 0) is 57.2 Å². The molecule has 2 saturated heterocycles. The van der Waals surface area contributed by atoms with Crippen LogP contribution in [0.4, 0.5) is 10.5 Å². The number of piperazine rings is 1. The molecule has 10 nitrogen and oxygen atoms in total. The highest BCUT2D eigenvalue weighted by Gasteiger charge is 2.49. The molecule has 35 heavy (non-hydrogen) atoms. The van der Waals surface area contributed by atoms with E-state index in [1.807, 2.05) is 30.1 Å². The quantitative estimate of drug-likeness (QED) is 0.367. The van der Waals surface area contributed by atoms with E-state index in [-0.39, 0.29) is 11.8 Å².